The van der Waals surface area contributed by atoms with Gasteiger partial charge in [0.1, 0.15) is 0 Å². The Morgan fingerprint density at radius 2 is 1.93 bits per heavy atom. The molecule has 1 aliphatic heterocycles. The lowest BCUT2D eigenvalue weighted by Crippen LogP contribution is -2.41. The van der Waals surface area contributed by atoms with Crippen LogP contribution in [0.3, 0.4) is 0 Å². The van der Waals surface area contributed by atoms with Crippen LogP contribution in [0.25, 0.3) is 11.4 Å². The second-order valence-electron chi connectivity index (χ2n) is 8.26. The fraction of sp³-hybridized carbons (Fsp3) is 0.375. The summed E-state index contributed by atoms with van der Waals surface area (Å²) >= 11 is 0. The smallest absolute Gasteiger partial charge is 0.321 e. The van der Waals surface area contributed by atoms with Crippen molar-refractivity contribution in [3.05, 3.63) is 65.5 Å². The van der Waals surface area contributed by atoms with Crippen molar-refractivity contribution in [1.82, 2.24) is 15.0 Å². The van der Waals surface area contributed by atoms with E-state index in [4.69, 9.17) is 4.52 Å². The van der Waals surface area contributed by atoms with Gasteiger partial charge in [-0.15, -0.1) is 0 Å². The third kappa shape index (κ3) is 4.37. The Morgan fingerprint density at radius 1 is 1.17 bits per heavy atom. The van der Waals surface area contributed by atoms with E-state index in [1.807, 2.05) is 48.2 Å². The lowest BCUT2D eigenvalue weighted by molar-refractivity contribution is 0.184. The molecule has 0 radical (unpaired) electrons. The van der Waals surface area contributed by atoms with Gasteiger partial charge in [-0.1, -0.05) is 61.5 Å². The first-order valence-electron chi connectivity index (χ1n) is 10.6. The molecule has 0 unspecified atom stereocenters. The zero-order valence-corrected chi connectivity index (χ0v) is 17.8. The van der Waals surface area contributed by atoms with Gasteiger partial charge in [0.25, 0.3) is 0 Å². The Kier molecular flexibility index (Phi) is 5.84. The highest BCUT2D eigenvalue weighted by Gasteiger charge is 2.29. The number of carbonyl (C=O) groups is 1. The first-order chi connectivity index (χ1) is 14.5. The molecule has 0 bridgehead atoms. The summed E-state index contributed by atoms with van der Waals surface area (Å²) in [5.41, 5.74) is 4.11. The molecule has 6 heteroatoms. The normalized spacial score (nSPS) is 16.7. The Bertz CT molecular complexity index is 1010. The van der Waals surface area contributed by atoms with Crippen molar-refractivity contribution >= 4 is 11.7 Å². The maximum atomic E-state index is 12.8. The van der Waals surface area contributed by atoms with Gasteiger partial charge < -0.3 is 14.7 Å². The molecule has 3 aromatic rings. The molecule has 1 aromatic heterocycles. The average Bonchev–Trinajstić information content (AvgIpc) is 3.26. The van der Waals surface area contributed by atoms with E-state index in [0.29, 0.717) is 24.2 Å². The predicted octanol–water partition coefficient (Wildman–Crippen LogP) is 5.58. The molecular weight excluding hydrogens is 376 g/mol. The Balaban J connectivity index is 1.43. The number of carbonyl (C=O) groups excluding carboxylic acids is 1. The van der Waals surface area contributed by atoms with Crippen LogP contribution in [-0.2, 0) is 0 Å². The van der Waals surface area contributed by atoms with E-state index in [2.05, 4.69) is 41.4 Å². The van der Waals surface area contributed by atoms with Gasteiger partial charge in [0.05, 0.1) is 5.92 Å². The second kappa shape index (κ2) is 8.69. The van der Waals surface area contributed by atoms with Crippen molar-refractivity contribution < 1.29 is 9.32 Å². The highest BCUT2D eigenvalue weighted by Crippen LogP contribution is 2.28. The number of anilines is 1. The molecule has 1 aliphatic rings. The number of hydrogen-bond donors (Lipinski definition) is 1. The first kappa shape index (κ1) is 20.1. The maximum absolute atomic E-state index is 12.8. The molecule has 2 aromatic carbocycles. The zero-order valence-electron chi connectivity index (χ0n) is 17.8. The van der Waals surface area contributed by atoms with Crippen LogP contribution < -0.4 is 5.32 Å². The van der Waals surface area contributed by atoms with Crippen LogP contribution in [0.4, 0.5) is 10.5 Å². The van der Waals surface area contributed by atoms with Gasteiger partial charge >= 0.3 is 6.03 Å². The highest BCUT2D eigenvalue weighted by molar-refractivity contribution is 5.90. The molecule has 30 heavy (non-hydrogen) atoms. The van der Waals surface area contributed by atoms with Crippen LogP contribution in [-0.4, -0.2) is 34.2 Å². The number of hydrogen-bond acceptors (Lipinski definition) is 4. The lowest BCUT2D eigenvalue weighted by Gasteiger charge is -2.31. The minimum atomic E-state index is -0.0852. The van der Waals surface area contributed by atoms with E-state index in [1.54, 1.807) is 0 Å². The van der Waals surface area contributed by atoms with Gasteiger partial charge in [0.15, 0.2) is 0 Å². The molecule has 156 valence electrons. The van der Waals surface area contributed by atoms with Gasteiger partial charge in [-0.05, 0) is 42.9 Å². The second-order valence-corrected chi connectivity index (χ2v) is 8.26. The van der Waals surface area contributed by atoms with Gasteiger partial charge in [0.2, 0.25) is 11.7 Å². The Morgan fingerprint density at radius 3 is 2.67 bits per heavy atom. The van der Waals surface area contributed by atoms with Crippen molar-refractivity contribution in [1.29, 1.82) is 0 Å². The number of rotatable bonds is 4. The molecule has 1 atom stereocenters. The minimum Gasteiger partial charge on any atom is -0.339 e. The quantitative estimate of drug-likeness (QED) is 0.616. The summed E-state index contributed by atoms with van der Waals surface area (Å²) in [6, 6.07) is 16.0. The van der Waals surface area contributed by atoms with Crippen LogP contribution in [0.1, 0.15) is 55.5 Å². The highest BCUT2D eigenvalue weighted by atomic mass is 16.5. The fourth-order valence-corrected chi connectivity index (χ4v) is 3.81. The van der Waals surface area contributed by atoms with Crippen LogP contribution in [0.15, 0.2) is 53.1 Å². The third-order valence-electron chi connectivity index (χ3n) is 5.72. The molecule has 4 rings (SSSR count). The van der Waals surface area contributed by atoms with Crippen LogP contribution in [0.2, 0.25) is 0 Å². The number of nitrogens with zero attached hydrogens (tertiary/aromatic N) is 3. The summed E-state index contributed by atoms with van der Waals surface area (Å²) in [6.07, 6.45) is 1.84. The standard InChI is InChI=1S/C24H28N4O2/c1-16(2)18-10-12-19(13-11-18)22-26-23(30-27-22)20-8-6-14-28(15-20)24(29)25-21-9-5-4-7-17(21)3/h4-5,7,9-13,16,20H,6,8,14-15H2,1-3H3,(H,25,29)/t20-/m1/s1. The van der Waals surface area contributed by atoms with E-state index >= 15 is 0 Å². The summed E-state index contributed by atoms with van der Waals surface area (Å²) in [7, 11) is 0. The van der Waals surface area contributed by atoms with E-state index < -0.39 is 0 Å². The summed E-state index contributed by atoms with van der Waals surface area (Å²) < 4.78 is 5.58. The summed E-state index contributed by atoms with van der Waals surface area (Å²) in [5.74, 6) is 1.74. The first-order valence-corrected chi connectivity index (χ1v) is 10.6. The molecule has 0 spiro atoms. The Labute approximate surface area is 177 Å². The molecule has 1 N–H and O–H groups in total. The van der Waals surface area contributed by atoms with E-state index in [1.165, 1.54) is 5.56 Å². The predicted molar refractivity (Wildman–Crippen MR) is 118 cm³/mol. The Hall–Kier alpha value is -3.15. The zero-order chi connectivity index (χ0) is 21.1. The molecule has 1 fully saturated rings. The van der Waals surface area contributed by atoms with Gasteiger partial charge in [-0.25, -0.2) is 4.79 Å². The lowest BCUT2D eigenvalue weighted by atomic mass is 9.98. The SMILES string of the molecule is Cc1ccccc1NC(=O)N1CCC[C@@H](c2nc(-c3ccc(C(C)C)cc3)no2)C1. The topological polar surface area (TPSA) is 71.3 Å². The largest absolute Gasteiger partial charge is 0.339 e. The number of amides is 2. The number of nitrogens with one attached hydrogen (secondary N) is 1. The fourth-order valence-electron chi connectivity index (χ4n) is 3.81. The van der Waals surface area contributed by atoms with Crippen molar-refractivity contribution in [3.8, 4) is 11.4 Å². The maximum Gasteiger partial charge on any atom is 0.321 e. The summed E-state index contributed by atoms with van der Waals surface area (Å²) in [5, 5.41) is 7.20. The van der Waals surface area contributed by atoms with Crippen LogP contribution >= 0.6 is 0 Å². The molecule has 1 saturated heterocycles. The van der Waals surface area contributed by atoms with E-state index in [9.17, 15) is 4.79 Å². The number of likely N-dealkylation sites (tertiary alicyclic amines) is 1. The number of benzene rings is 2. The molecule has 2 heterocycles. The number of para-hydroxylation sites is 1. The van der Waals surface area contributed by atoms with Crippen molar-refractivity contribution in [2.75, 3.05) is 18.4 Å². The van der Waals surface area contributed by atoms with Crippen LogP contribution in [0.5, 0.6) is 0 Å². The third-order valence-corrected chi connectivity index (χ3v) is 5.72. The number of piperidine rings is 1. The number of urea groups is 1. The van der Waals surface area contributed by atoms with E-state index in [0.717, 1.165) is 36.2 Å². The molecule has 0 aliphatic carbocycles. The van der Waals surface area contributed by atoms with E-state index in [-0.39, 0.29) is 11.9 Å². The minimum absolute atomic E-state index is 0.0533. The number of aryl methyl sites for hydroxylation is 1. The average molecular weight is 405 g/mol. The molecule has 6 nitrogen and oxygen atoms in total. The molecule has 0 saturated carbocycles. The van der Waals surface area contributed by atoms with Crippen molar-refractivity contribution in [2.24, 2.45) is 0 Å². The van der Waals surface area contributed by atoms with Gasteiger partial charge in [0, 0.05) is 24.3 Å². The molecular formula is C24H28N4O2. The van der Waals surface area contributed by atoms with Crippen molar-refractivity contribution in [3.63, 3.8) is 0 Å². The summed E-state index contributed by atoms with van der Waals surface area (Å²) in [4.78, 5) is 19.2. The number of aromatic nitrogens is 2. The van der Waals surface area contributed by atoms with Crippen LogP contribution in [0, 0.1) is 6.92 Å². The summed E-state index contributed by atoms with van der Waals surface area (Å²) in [6.45, 7) is 7.64. The van der Waals surface area contributed by atoms with Gasteiger partial charge in [-0.2, -0.15) is 4.98 Å². The monoisotopic (exact) mass is 404 g/mol. The van der Waals surface area contributed by atoms with Crippen molar-refractivity contribution in [2.45, 2.75) is 45.4 Å². The molecule has 2 amide bonds. The van der Waals surface area contributed by atoms with Gasteiger partial charge in [-0.3, -0.25) is 0 Å².